The predicted molar refractivity (Wildman–Crippen MR) is 93.4 cm³/mol. The first-order valence-corrected chi connectivity index (χ1v) is 10.7. The SMILES string of the molecule is CCCCCCCC(=O)OCCO[C@@H]1O[C@H](CS(=O)(=O)O)[C@@H](O)[C@H](O)[C@H]1O. The Morgan fingerprint density at radius 3 is 2.30 bits per heavy atom. The highest BCUT2D eigenvalue weighted by atomic mass is 32.2. The second-order valence-electron chi connectivity index (χ2n) is 6.52. The van der Waals surface area contributed by atoms with E-state index in [4.69, 9.17) is 18.8 Å². The molecule has 0 saturated carbocycles. The molecule has 1 rings (SSSR count). The topological polar surface area (TPSA) is 160 Å². The third-order valence-electron chi connectivity index (χ3n) is 4.16. The van der Waals surface area contributed by atoms with Crippen molar-refractivity contribution in [3.05, 3.63) is 0 Å². The minimum atomic E-state index is -4.48. The Labute approximate surface area is 159 Å². The predicted octanol–water partition coefficient (Wildman–Crippen LogP) is -0.398. The first-order chi connectivity index (χ1) is 12.7. The number of ether oxygens (including phenoxy) is 3. The summed E-state index contributed by atoms with van der Waals surface area (Å²) < 4.78 is 46.0. The molecule has 10 nitrogen and oxygen atoms in total. The van der Waals surface area contributed by atoms with Crippen LogP contribution in [0.1, 0.15) is 45.4 Å². The maximum absolute atomic E-state index is 11.6. The quantitative estimate of drug-likeness (QED) is 0.188. The molecule has 0 aromatic carbocycles. The zero-order chi connectivity index (χ0) is 20.4. The van der Waals surface area contributed by atoms with E-state index in [0.29, 0.717) is 6.42 Å². The summed E-state index contributed by atoms with van der Waals surface area (Å²) in [7, 11) is -4.48. The summed E-state index contributed by atoms with van der Waals surface area (Å²) in [6.07, 6.45) is -2.67. The van der Waals surface area contributed by atoms with E-state index in [1.165, 1.54) is 0 Å². The van der Waals surface area contributed by atoms with Crippen molar-refractivity contribution >= 4 is 16.1 Å². The van der Waals surface area contributed by atoms with Crippen molar-refractivity contribution in [2.24, 2.45) is 0 Å². The van der Waals surface area contributed by atoms with Crippen LogP contribution in [-0.2, 0) is 29.1 Å². The number of unbranched alkanes of at least 4 members (excludes halogenated alkanes) is 4. The standard InChI is InChI=1S/C16H30O10S/c1-2-3-4-5-6-7-12(17)24-8-9-25-16-15(20)14(19)13(18)11(26-16)10-27(21,22)23/h11,13-16,18-20H,2-10H2,1H3,(H,21,22,23)/t11-,13-,14+,15-,16-/m1/s1. The molecule has 0 unspecified atom stereocenters. The van der Waals surface area contributed by atoms with Crippen molar-refractivity contribution in [2.45, 2.75) is 76.2 Å². The van der Waals surface area contributed by atoms with E-state index < -0.39 is 46.6 Å². The molecule has 1 aliphatic heterocycles. The lowest BCUT2D eigenvalue weighted by molar-refractivity contribution is -0.293. The fraction of sp³-hybridized carbons (Fsp3) is 0.938. The number of carbonyl (C=O) groups is 1. The van der Waals surface area contributed by atoms with Crippen LogP contribution in [0.2, 0.25) is 0 Å². The normalized spacial score (nSPS) is 28.9. The van der Waals surface area contributed by atoms with Crippen LogP contribution >= 0.6 is 0 Å². The Balaban J connectivity index is 2.32. The van der Waals surface area contributed by atoms with Gasteiger partial charge in [0.25, 0.3) is 10.1 Å². The van der Waals surface area contributed by atoms with E-state index in [9.17, 15) is 28.5 Å². The van der Waals surface area contributed by atoms with Crippen LogP contribution in [0.15, 0.2) is 0 Å². The van der Waals surface area contributed by atoms with Gasteiger partial charge in [0.2, 0.25) is 0 Å². The number of esters is 1. The highest BCUT2D eigenvalue weighted by Gasteiger charge is 2.45. The minimum Gasteiger partial charge on any atom is -0.463 e. The fourth-order valence-electron chi connectivity index (χ4n) is 2.66. The van der Waals surface area contributed by atoms with Crippen LogP contribution in [0, 0.1) is 0 Å². The minimum absolute atomic E-state index is 0.109. The average Bonchev–Trinajstić information content (AvgIpc) is 2.59. The molecule has 160 valence electrons. The Kier molecular flexibility index (Phi) is 10.7. The van der Waals surface area contributed by atoms with Crippen molar-refractivity contribution in [3.63, 3.8) is 0 Å². The number of aliphatic hydroxyl groups excluding tert-OH is 3. The van der Waals surface area contributed by atoms with Crippen LogP contribution in [0.4, 0.5) is 0 Å². The Morgan fingerprint density at radius 1 is 1.00 bits per heavy atom. The maximum Gasteiger partial charge on any atom is 0.305 e. The summed E-state index contributed by atoms with van der Waals surface area (Å²) in [5.41, 5.74) is 0. The van der Waals surface area contributed by atoms with Crippen LogP contribution in [0.25, 0.3) is 0 Å². The van der Waals surface area contributed by atoms with Gasteiger partial charge in [0.1, 0.15) is 36.8 Å². The van der Waals surface area contributed by atoms with E-state index >= 15 is 0 Å². The Hall–Kier alpha value is -0.820. The second-order valence-corrected chi connectivity index (χ2v) is 8.02. The van der Waals surface area contributed by atoms with Crippen molar-refractivity contribution in [1.29, 1.82) is 0 Å². The molecule has 4 N–H and O–H groups in total. The van der Waals surface area contributed by atoms with E-state index in [2.05, 4.69) is 6.92 Å². The Bertz CT molecular complexity index is 537. The van der Waals surface area contributed by atoms with E-state index in [1.807, 2.05) is 0 Å². The molecule has 11 heteroatoms. The molecule has 0 bridgehead atoms. The Morgan fingerprint density at radius 2 is 1.67 bits per heavy atom. The van der Waals surface area contributed by atoms with Gasteiger partial charge in [-0.15, -0.1) is 0 Å². The summed E-state index contributed by atoms with van der Waals surface area (Å²) in [6.45, 7) is 1.83. The smallest absolute Gasteiger partial charge is 0.305 e. The molecule has 0 aromatic rings. The summed E-state index contributed by atoms with van der Waals surface area (Å²) in [6, 6.07) is 0. The molecule has 1 saturated heterocycles. The van der Waals surface area contributed by atoms with Gasteiger partial charge in [0.15, 0.2) is 6.29 Å². The lowest BCUT2D eigenvalue weighted by atomic mass is 10.00. The van der Waals surface area contributed by atoms with E-state index in [-0.39, 0.29) is 19.2 Å². The summed E-state index contributed by atoms with van der Waals surface area (Å²) in [4.78, 5) is 11.6. The first kappa shape index (κ1) is 24.2. The van der Waals surface area contributed by atoms with Crippen molar-refractivity contribution < 1.29 is 47.3 Å². The fourth-order valence-corrected chi connectivity index (χ4v) is 3.36. The van der Waals surface area contributed by atoms with Crippen molar-refractivity contribution in [1.82, 2.24) is 0 Å². The third-order valence-corrected chi connectivity index (χ3v) is 4.91. The van der Waals surface area contributed by atoms with Gasteiger partial charge < -0.3 is 29.5 Å². The van der Waals surface area contributed by atoms with Crippen molar-refractivity contribution in [3.8, 4) is 0 Å². The summed E-state index contributed by atoms with van der Waals surface area (Å²) >= 11 is 0. The molecular weight excluding hydrogens is 384 g/mol. The lowest BCUT2D eigenvalue weighted by Crippen LogP contribution is -2.59. The van der Waals surface area contributed by atoms with Gasteiger partial charge in [-0.3, -0.25) is 9.35 Å². The first-order valence-electron chi connectivity index (χ1n) is 9.07. The van der Waals surface area contributed by atoms with E-state index in [0.717, 1.165) is 32.1 Å². The van der Waals surface area contributed by atoms with Gasteiger partial charge in [-0.2, -0.15) is 8.42 Å². The number of hydrogen-bond acceptors (Lipinski definition) is 9. The summed E-state index contributed by atoms with van der Waals surface area (Å²) in [5, 5.41) is 29.3. The molecule has 1 fully saturated rings. The largest absolute Gasteiger partial charge is 0.463 e. The van der Waals surface area contributed by atoms with E-state index in [1.54, 1.807) is 0 Å². The summed E-state index contributed by atoms with van der Waals surface area (Å²) in [5.74, 6) is -1.34. The average molecular weight is 414 g/mol. The number of rotatable bonds is 12. The molecule has 0 amide bonds. The maximum atomic E-state index is 11.6. The van der Waals surface area contributed by atoms with Crippen LogP contribution < -0.4 is 0 Å². The van der Waals surface area contributed by atoms with Crippen LogP contribution in [0.5, 0.6) is 0 Å². The number of hydrogen-bond donors (Lipinski definition) is 4. The van der Waals surface area contributed by atoms with Gasteiger partial charge >= 0.3 is 5.97 Å². The van der Waals surface area contributed by atoms with Gasteiger partial charge in [-0.1, -0.05) is 32.6 Å². The third kappa shape index (κ3) is 9.28. The molecule has 1 aliphatic rings. The molecule has 1 heterocycles. The molecule has 0 aromatic heterocycles. The van der Waals surface area contributed by atoms with Gasteiger partial charge in [0, 0.05) is 6.42 Å². The van der Waals surface area contributed by atoms with Gasteiger partial charge in [-0.05, 0) is 6.42 Å². The zero-order valence-electron chi connectivity index (χ0n) is 15.4. The highest BCUT2D eigenvalue weighted by molar-refractivity contribution is 7.85. The highest BCUT2D eigenvalue weighted by Crippen LogP contribution is 2.23. The molecule has 0 radical (unpaired) electrons. The lowest BCUT2D eigenvalue weighted by Gasteiger charge is -2.39. The monoisotopic (exact) mass is 414 g/mol. The van der Waals surface area contributed by atoms with Gasteiger partial charge in [0.05, 0.1) is 6.61 Å². The van der Waals surface area contributed by atoms with Crippen LogP contribution in [0.3, 0.4) is 0 Å². The number of aliphatic hydroxyl groups is 3. The molecule has 5 atom stereocenters. The number of carbonyl (C=O) groups excluding carboxylic acids is 1. The zero-order valence-corrected chi connectivity index (χ0v) is 16.2. The second kappa shape index (κ2) is 11.9. The van der Waals surface area contributed by atoms with Gasteiger partial charge in [-0.25, -0.2) is 0 Å². The molecule has 27 heavy (non-hydrogen) atoms. The van der Waals surface area contributed by atoms with Crippen molar-refractivity contribution in [2.75, 3.05) is 19.0 Å². The molecular formula is C16H30O10S. The molecule has 0 aliphatic carbocycles. The molecule has 0 spiro atoms. The van der Waals surface area contributed by atoms with Crippen LogP contribution in [-0.4, -0.2) is 83.9 Å².